The summed E-state index contributed by atoms with van der Waals surface area (Å²) in [6.07, 6.45) is 6.07. The monoisotopic (exact) mass is 353 g/mol. The van der Waals surface area contributed by atoms with Gasteiger partial charge in [-0.25, -0.2) is 4.68 Å². The highest BCUT2D eigenvalue weighted by Gasteiger charge is 2.34. The summed E-state index contributed by atoms with van der Waals surface area (Å²) in [6, 6.07) is 7.13. The lowest BCUT2D eigenvalue weighted by Gasteiger charge is -2.23. The molecule has 138 valence electrons. The van der Waals surface area contributed by atoms with Gasteiger partial charge in [0, 0.05) is 12.6 Å². The predicted octanol–water partition coefficient (Wildman–Crippen LogP) is 2.62. The van der Waals surface area contributed by atoms with E-state index in [0.717, 1.165) is 38.8 Å². The third-order valence-electron chi connectivity index (χ3n) is 5.58. The Hall–Kier alpha value is -2.21. The fourth-order valence-electron chi connectivity index (χ4n) is 3.62. The molecule has 1 saturated heterocycles. The number of nitrogens with zero attached hydrogens (tertiary/aromatic N) is 4. The summed E-state index contributed by atoms with van der Waals surface area (Å²) in [6.45, 7) is 6.86. The number of aryl methyl sites for hydroxylation is 2. The highest BCUT2D eigenvalue weighted by atomic mass is 16.2. The highest BCUT2D eigenvalue weighted by molar-refractivity contribution is 5.92. The summed E-state index contributed by atoms with van der Waals surface area (Å²) >= 11 is 0. The largest absolute Gasteiger partial charge is 0.330 e. The maximum atomic E-state index is 13.1. The van der Waals surface area contributed by atoms with Crippen LogP contribution in [0.5, 0.6) is 0 Å². The van der Waals surface area contributed by atoms with E-state index in [-0.39, 0.29) is 5.91 Å². The minimum absolute atomic E-state index is 0.00547. The zero-order valence-electron chi connectivity index (χ0n) is 15.6. The van der Waals surface area contributed by atoms with Gasteiger partial charge < -0.3 is 10.2 Å². The Bertz CT molecular complexity index is 789. The summed E-state index contributed by atoms with van der Waals surface area (Å²) in [5.74, 6) is 0.00547. The molecule has 6 nitrogen and oxygen atoms in total. The number of piperidine rings is 1. The molecule has 1 aliphatic carbocycles. The molecule has 0 atom stereocenters. The van der Waals surface area contributed by atoms with Gasteiger partial charge in [-0.05, 0) is 69.3 Å². The normalized spacial score (nSPS) is 18.1. The quantitative estimate of drug-likeness (QED) is 0.897. The van der Waals surface area contributed by atoms with Crippen LogP contribution in [-0.4, -0.2) is 44.9 Å². The third kappa shape index (κ3) is 3.65. The number of carbonyl (C=O) groups is 1. The number of hydrogen-bond acceptors (Lipinski definition) is 4. The van der Waals surface area contributed by atoms with Crippen LogP contribution in [0, 0.1) is 13.8 Å². The minimum Gasteiger partial charge on any atom is -0.330 e. The lowest BCUT2D eigenvalue weighted by atomic mass is 10.1. The van der Waals surface area contributed by atoms with Crippen molar-refractivity contribution in [1.82, 2.24) is 25.2 Å². The molecule has 1 saturated carbocycles. The summed E-state index contributed by atoms with van der Waals surface area (Å²) in [4.78, 5) is 15.0. The Morgan fingerprint density at radius 1 is 1.19 bits per heavy atom. The van der Waals surface area contributed by atoms with Crippen LogP contribution in [0.3, 0.4) is 0 Å². The van der Waals surface area contributed by atoms with Gasteiger partial charge in [0.2, 0.25) is 0 Å². The van der Waals surface area contributed by atoms with E-state index in [2.05, 4.69) is 47.7 Å². The fourth-order valence-corrected chi connectivity index (χ4v) is 3.62. The molecule has 0 unspecified atom stereocenters. The molecule has 1 N–H and O–H groups in total. The van der Waals surface area contributed by atoms with Gasteiger partial charge in [0.15, 0.2) is 5.69 Å². The first-order valence-electron chi connectivity index (χ1n) is 9.61. The zero-order valence-corrected chi connectivity index (χ0v) is 15.6. The first kappa shape index (κ1) is 17.2. The molecule has 0 spiro atoms. The maximum absolute atomic E-state index is 13.1. The van der Waals surface area contributed by atoms with Gasteiger partial charge >= 0.3 is 0 Å². The summed E-state index contributed by atoms with van der Waals surface area (Å²) in [7, 11) is 0. The molecule has 6 heteroatoms. The van der Waals surface area contributed by atoms with Crippen LogP contribution in [-0.2, 0) is 6.54 Å². The molecular weight excluding hydrogens is 326 g/mol. The van der Waals surface area contributed by atoms with E-state index in [0.29, 0.717) is 24.3 Å². The third-order valence-corrected chi connectivity index (χ3v) is 5.58. The highest BCUT2D eigenvalue weighted by Crippen LogP contribution is 2.30. The molecule has 2 aromatic rings. The first-order valence-corrected chi connectivity index (χ1v) is 9.61. The smallest absolute Gasteiger partial charge is 0.276 e. The second-order valence-electron chi connectivity index (χ2n) is 7.65. The SMILES string of the molecule is Cc1ccc(CN(C(=O)c2cn(C3CCNCC3)nn2)C2CC2)cc1C. The summed E-state index contributed by atoms with van der Waals surface area (Å²) in [5.41, 5.74) is 4.20. The number of hydrogen-bond donors (Lipinski definition) is 1. The van der Waals surface area contributed by atoms with Crippen LogP contribution < -0.4 is 5.32 Å². The molecule has 26 heavy (non-hydrogen) atoms. The summed E-state index contributed by atoms with van der Waals surface area (Å²) in [5, 5.41) is 11.8. The van der Waals surface area contributed by atoms with Gasteiger partial charge in [-0.3, -0.25) is 4.79 Å². The minimum atomic E-state index is 0.00547. The van der Waals surface area contributed by atoms with Gasteiger partial charge in [-0.1, -0.05) is 23.4 Å². The van der Waals surface area contributed by atoms with Gasteiger partial charge in [0.05, 0.1) is 12.2 Å². The van der Waals surface area contributed by atoms with Crippen LogP contribution in [0.4, 0.5) is 0 Å². The number of amides is 1. The lowest BCUT2D eigenvalue weighted by Crippen LogP contribution is -2.33. The number of benzene rings is 1. The molecule has 1 aromatic carbocycles. The van der Waals surface area contributed by atoms with Gasteiger partial charge in [0.1, 0.15) is 0 Å². The Morgan fingerprint density at radius 3 is 2.65 bits per heavy atom. The Labute approximate surface area is 154 Å². The molecule has 2 fully saturated rings. The number of carbonyl (C=O) groups excluding carboxylic acids is 1. The zero-order chi connectivity index (χ0) is 18.1. The second-order valence-corrected chi connectivity index (χ2v) is 7.65. The van der Waals surface area contributed by atoms with Crippen molar-refractivity contribution in [2.45, 2.75) is 58.2 Å². The Balaban J connectivity index is 1.50. The van der Waals surface area contributed by atoms with Crippen molar-refractivity contribution in [2.24, 2.45) is 0 Å². The van der Waals surface area contributed by atoms with Crippen LogP contribution in [0.1, 0.15) is 58.9 Å². The standard InChI is InChI=1S/C20H27N5O/c1-14-3-4-16(11-15(14)2)12-24(17-5-6-17)20(26)19-13-25(23-22-19)18-7-9-21-10-8-18/h3-4,11,13,17-18,21H,5-10,12H2,1-2H3. The van der Waals surface area contributed by atoms with Crippen molar-refractivity contribution in [3.8, 4) is 0 Å². The van der Waals surface area contributed by atoms with Crippen LogP contribution in [0.25, 0.3) is 0 Å². The van der Waals surface area contributed by atoms with Gasteiger partial charge in [-0.15, -0.1) is 5.10 Å². The average molecular weight is 353 g/mol. The second kappa shape index (κ2) is 7.19. The van der Waals surface area contributed by atoms with Gasteiger partial charge in [-0.2, -0.15) is 0 Å². The molecule has 4 rings (SSSR count). The lowest BCUT2D eigenvalue weighted by molar-refractivity contribution is 0.0723. The number of aromatic nitrogens is 3. The van der Waals surface area contributed by atoms with Crippen molar-refractivity contribution in [1.29, 1.82) is 0 Å². The van der Waals surface area contributed by atoms with Crippen LogP contribution in [0.15, 0.2) is 24.4 Å². The molecule has 1 aliphatic heterocycles. The van der Waals surface area contributed by atoms with E-state index in [9.17, 15) is 4.79 Å². The summed E-state index contributed by atoms with van der Waals surface area (Å²) < 4.78 is 1.88. The van der Waals surface area contributed by atoms with E-state index in [4.69, 9.17) is 0 Å². The van der Waals surface area contributed by atoms with E-state index in [1.807, 2.05) is 15.8 Å². The molecule has 0 bridgehead atoms. The number of rotatable bonds is 5. The van der Waals surface area contributed by atoms with Crippen molar-refractivity contribution >= 4 is 5.91 Å². The fraction of sp³-hybridized carbons (Fsp3) is 0.550. The van der Waals surface area contributed by atoms with Crippen molar-refractivity contribution < 1.29 is 4.79 Å². The van der Waals surface area contributed by atoms with Crippen LogP contribution in [0.2, 0.25) is 0 Å². The molecule has 1 aromatic heterocycles. The van der Waals surface area contributed by atoms with E-state index < -0.39 is 0 Å². The predicted molar refractivity (Wildman–Crippen MR) is 100.0 cm³/mol. The topological polar surface area (TPSA) is 63.1 Å². The average Bonchev–Trinajstić information content (AvgIpc) is 3.38. The Morgan fingerprint density at radius 2 is 1.96 bits per heavy atom. The molecule has 1 amide bonds. The molecule has 2 aliphatic rings. The van der Waals surface area contributed by atoms with Crippen molar-refractivity contribution in [3.05, 3.63) is 46.8 Å². The number of nitrogens with one attached hydrogen (secondary N) is 1. The Kier molecular flexibility index (Phi) is 4.76. The first-order chi connectivity index (χ1) is 12.6. The molecular formula is C20H27N5O. The van der Waals surface area contributed by atoms with Crippen molar-refractivity contribution in [2.75, 3.05) is 13.1 Å². The molecule has 0 radical (unpaired) electrons. The van der Waals surface area contributed by atoms with Gasteiger partial charge in [0.25, 0.3) is 5.91 Å². The van der Waals surface area contributed by atoms with Crippen molar-refractivity contribution in [3.63, 3.8) is 0 Å². The van der Waals surface area contributed by atoms with E-state index >= 15 is 0 Å². The van der Waals surface area contributed by atoms with Crippen LogP contribution >= 0.6 is 0 Å². The van der Waals surface area contributed by atoms with E-state index in [1.54, 1.807) is 0 Å². The maximum Gasteiger partial charge on any atom is 0.276 e. The molecule has 2 heterocycles. The van der Waals surface area contributed by atoms with E-state index in [1.165, 1.54) is 16.7 Å².